The summed E-state index contributed by atoms with van der Waals surface area (Å²) in [4.78, 5) is 15.6. The number of fused-ring (bicyclic) bond motifs is 1. The molecule has 2 atom stereocenters. The Labute approximate surface area is 129 Å². The molecule has 1 N–H and O–H groups in total. The first-order chi connectivity index (χ1) is 9.95. The number of rotatable bonds is 6. The highest BCUT2D eigenvalue weighted by Crippen LogP contribution is 2.33. The molecule has 0 fully saturated rings. The molecular formula is C16H22N2O2S. The summed E-state index contributed by atoms with van der Waals surface area (Å²) in [5.41, 5.74) is 3.19. The van der Waals surface area contributed by atoms with Crippen LogP contribution in [0.5, 0.6) is 0 Å². The smallest absolute Gasteiger partial charge is 0.313 e. The maximum atomic E-state index is 10.9. The Balaban J connectivity index is 2.54. The highest BCUT2D eigenvalue weighted by Gasteiger charge is 2.21. The van der Waals surface area contributed by atoms with Crippen molar-refractivity contribution in [2.45, 2.75) is 45.3 Å². The van der Waals surface area contributed by atoms with Crippen molar-refractivity contribution in [3.63, 3.8) is 0 Å². The second-order valence-corrected chi connectivity index (χ2v) is 6.46. The number of carbonyl (C=O) groups is 1. The lowest BCUT2D eigenvalue weighted by molar-refractivity contribution is -0.133. The van der Waals surface area contributed by atoms with E-state index < -0.39 is 5.97 Å². The minimum atomic E-state index is -0.813. The Morgan fingerprint density at radius 2 is 2.14 bits per heavy atom. The summed E-state index contributed by atoms with van der Waals surface area (Å²) in [6, 6.07) is 6.43. The van der Waals surface area contributed by atoms with Crippen LogP contribution in [-0.4, -0.2) is 26.4 Å². The number of aliphatic carboxylic acids is 1. The van der Waals surface area contributed by atoms with E-state index in [9.17, 15) is 4.79 Å². The van der Waals surface area contributed by atoms with E-state index in [2.05, 4.69) is 36.4 Å². The van der Waals surface area contributed by atoms with E-state index >= 15 is 0 Å². The molecule has 0 radical (unpaired) electrons. The van der Waals surface area contributed by atoms with Gasteiger partial charge in [-0.05, 0) is 31.4 Å². The second-order valence-electron chi connectivity index (χ2n) is 5.52. The van der Waals surface area contributed by atoms with Crippen LogP contribution in [0, 0.1) is 12.8 Å². The molecule has 0 spiro atoms. The van der Waals surface area contributed by atoms with Crippen LogP contribution in [0.4, 0.5) is 0 Å². The summed E-state index contributed by atoms with van der Waals surface area (Å²) in [5.74, 6) is -0.270. The van der Waals surface area contributed by atoms with Crippen LogP contribution in [0.3, 0.4) is 0 Å². The van der Waals surface area contributed by atoms with Crippen molar-refractivity contribution in [3.8, 4) is 0 Å². The topological polar surface area (TPSA) is 55.1 Å². The van der Waals surface area contributed by atoms with Crippen LogP contribution in [-0.2, 0) is 4.79 Å². The molecule has 2 aromatic rings. The minimum Gasteiger partial charge on any atom is -0.481 e. The van der Waals surface area contributed by atoms with E-state index in [0.717, 1.165) is 28.2 Å². The summed E-state index contributed by atoms with van der Waals surface area (Å²) < 4.78 is 2.20. The molecule has 0 aliphatic heterocycles. The Kier molecular flexibility index (Phi) is 4.93. The quantitative estimate of drug-likeness (QED) is 0.815. The molecule has 0 saturated carbocycles. The van der Waals surface area contributed by atoms with Crippen molar-refractivity contribution in [1.29, 1.82) is 0 Å². The van der Waals surface area contributed by atoms with E-state index in [0.29, 0.717) is 5.92 Å². The number of thioether (sulfide) groups is 1. The number of imidazole rings is 1. The van der Waals surface area contributed by atoms with Crippen molar-refractivity contribution in [2.75, 3.05) is 5.75 Å². The predicted octanol–water partition coefficient (Wildman–Crippen LogP) is 4.13. The number of aromatic nitrogens is 2. The summed E-state index contributed by atoms with van der Waals surface area (Å²) in [6.07, 6.45) is 1.08. The maximum absolute atomic E-state index is 10.9. The van der Waals surface area contributed by atoms with E-state index in [1.54, 1.807) is 0 Å². The Bertz CT molecular complexity index is 651. The minimum absolute atomic E-state index is 0.0373. The van der Waals surface area contributed by atoms with Gasteiger partial charge in [-0.15, -0.1) is 0 Å². The number of carboxylic acid groups (broad SMARTS) is 1. The number of hydrogen-bond acceptors (Lipinski definition) is 3. The van der Waals surface area contributed by atoms with Crippen LogP contribution >= 0.6 is 11.8 Å². The average Bonchev–Trinajstić information content (AvgIpc) is 2.83. The molecule has 4 nitrogen and oxygen atoms in total. The van der Waals surface area contributed by atoms with Crippen molar-refractivity contribution < 1.29 is 9.90 Å². The molecule has 0 saturated heterocycles. The SMILES string of the molecule is CCC(C)C(C)n1c(SCC(=O)O)nc2c(C)cccc21. The van der Waals surface area contributed by atoms with Gasteiger partial charge in [0.2, 0.25) is 0 Å². The molecule has 21 heavy (non-hydrogen) atoms. The van der Waals surface area contributed by atoms with Crippen molar-refractivity contribution in [3.05, 3.63) is 23.8 Å². The fraction of sp³-hybridized carbons (Fsp3) is 0.500. The first-order valence-electron chi connectivity index (χ1n) is 7.27. The number of aryl methyl sites for hydroxylation is 1. The Hall–Kier alpha value is -1.49. The molecule has 1 aromatic heterocycles. The van der Waals surface area contributed by atoms with Gasteiger partial charge >= 0.3 is 5.97 Å². The Morgan fingerprint density at radius 1 is 1.43 bits per heavy atom. The fourth-order valence-electron chi connectivity index (χ4n) is 2.45. The summed E-state index contributed by atoms with van der Waals surface area (Å²) in [5, 5.41) is 9.73. The van der Waals surface area contributed by atoms with Gasteiger partial charge in [-0.3, -0.25) is 4.79 Å². The monoisotopic (exact) mass is 306 g/mol. The van der Waals surface area contributed by atoms with Crippen molar-refractivity contribution in [1.82, 2.24) is 9.55 Å². The first kappa shape index (κ1) is 15.9. The van der Waals surface area contributed by atoms with E-state index in [-0.39, 0.29) is 11.8 Å². The van der Waals surface area contributed by atoms with Gasteiger partial charge in [0.25, 0.3) is 0 Å². The molecule has 2 unspecified atom stereocenters. The number of para-hydroxylation sites is 1. The van der Waals surface area contributed by atoms with Crippen LogP contribution in [0.25, 0.3) is 11.0 Å². The van der Waals surface area contributed by atoms with Crippen LogP contribution in [0.15, 0.2) is 23.4 Å². The Morgan fingerprint density at radius 3 is 2.76 bits per heavy atom. The van der Waals surface area contributed by atoms with Crippen LogP contribution < -0.4 is 0 Å². The molecule has 0 amide bonds. The lowest BCUT2D eigenvalue weighted by Crippen LogP contribution is -2.15. The molecule has 2 rings (SSSR count). The zero-order valence-corrected chi connectivity index (χ0v) is 13.8. The van der Waals surface area contributed by atoms with Gasteiger partial charge in [0.15, 0.2) is 5.16 Å². The van der Waals surface area contributed by atoms with Gasteiger partial charge in [0.05, 0.1) is 16.8 Å². The highest BCUT2D eigenvalue weighted by molar-refractivity contribution is 7.99. The molecule has 1 heterocycles. The zero-order chi connectivity index (χ0) is 15.6. The number of carboxylic acids is 1. The summed E-state index contributed by atoms with van der Waals surface area (Å²) >= 11 is 1.30. The number of benzene rings is 1. The normalized spacial score (nSPS) is 14.3. The number of hydrogen-bond donors (Lipinski definition) is 1. The summed E-state index contributed by atoms with van der Waals surface area (Å²) in [6.45, 7) is 8.62. The second kappa shape index (κ2) is 6.52. The van der Waals surface area contributed by atoms with E-state index in [4.69, 9.17) is 5.11 Å². The lowest BCUT2D eigenvalue weighted by atomic mass is 10.0. The first-order valence-corrected chi connectivity index (χ1v) is 8.26. The van der Waals surface area contributed by atoms with Crippen molar-refractivity contribution >= 4 is 28.8 Å². The largest absolute Gasteiger partial charge is 0.481 e. The third-order valence-corrected chi connectivity index (χ3v) is 5.03. The molecule has 0 bridgehead atoms. The van der Waals surface area contributed by atoms with Gasteiger partial charge in [-0.25, -0.2) is 4.98 Å². The van der Waals surface area contributed by atoms with Gasteiger partial charge in [0, 0.05) is 6.04 Å². The average molecular weight is 306 g/mol. The molecule has 5 heteroatoms. The van der Waals surface area contributed by atoms with E-state index in [1.807, 2.05) is 19.1 Å². The van der Waals surface area contributed by atoms with Crippen LogP contribution in [0.1, 0.15) is 38.8 Å². The third kappa shape index (κ3) is 3.23. The number of nitrogens with zero attached hydrogens (tertiary/aromatic N) is 2. The van der Waals surface area contributed by atoms with Crippen LogP contribution in [0.2, 0.25) is 0 Å². The molecule has 0 aliphatic rings. The van der Waals surface area contributed by atoms with E-state index in [1.165, 1.54) is 11.8 Å². The lowest BCUT2D eigenvalue weighted by Gasteiger charge is -2.22. The molecule has 114 valence electrons. The van der Waals surface area contributed by atoms with Gasteiger partial charge < -0.3 is 9.67 Å². The molecule has 1 aromatic carbocycles. The maximum Gasteiger partial charge on any atom is 0.313 e. The van der Waals surface area contributed by atoms with Gasteiger partial charge in [0.1, 0.15) is 0 Å². The summed E-state index contributed by atoms with van der Waals surface area (Å²) in [7, 11) is 0. The standard InChI is InChI=1S/C16H22N2O2S/c1-5-10(2)12(4)18-13-8-6-7-11(3)15(13)17-16(18)21-9-14(19)20/h6-8,10,12H,5,9H2,1-4H3,(H,19,20). The van der Waals surface area contributed by atoms with Gasteiger partial charge in [-0.2, -0.15) is 0 Å². The van der Waals surface area contributed by atoms with Gasteiger partial charge in [-0.1, -0.05) is 44.2 Å². The van der Waals surface area contributed by atoms with Crippen molar-refractivity contribution in [2.24, 2.45) is 5.92 Å². The molecular weight excluding hydrogens is 284 g/mol. The fourth-order valence-corrected chi connectivity index (χ4v) is 3.27. The third-order valence-electron chi connectivity index (χ3n) is 4.09. The predicted molar refractivity (Wildman–Crippen MR) is 87.0 cm³/mol. The zero-order valence-electron chi connectivity index (χ0n) is 13.0. The molecule has 0 aliphatic carbocycles. The highest BCUT2D eigenvalue weighted by atomic mass is 32.2.